The maximum atomic E-state index is 11.3. The summed E-state index contributed by atoms with van der Waals surface area (Å²) in [7, 11) is 0. The van der Waals surface area contributed by atoms with E-state index in [1.165, 1.54) is 6.92 Å². The van der Waals surface area contributed by atoms with Gasteiger partial charge in [-0.3, -0.25) is 14.5 Å². The van der Waals surface area contributed by atoms with Crippen molar-refractivity contribution in [3.05, 3.63) is 0 Å². The highest BCUT2D eigenvalue weighted by molar-refractivity contribution is 5.82. The predicted octanol–water partition coefficient (Wildman–Crippen LogP) is -1.23. The van der Waals surface area contributed by atoms with E-state index in [0.717, 1.165) is 0 Å². The van der Waals surface area contributed by atoms with Crippen LogP contribution in [-0.4, -0.2) is 53.5 Å². The molecule has 1 rings (SSSR count). The minimum absolute atomic E-state index is 0.178. The maximum absolute atomic E-state index is 11.3. The van der Waals surface area contributed by atoms with Gasteiger partial charge in [-0.1, -0.05) is 0 Å². The first-order chi connectivity index (χ1) is 8.24. The molecule has 0 aromatic carbocycles. The summed E-state index contributed by atoms with van der Waals surface area (Å²) in [6.45, 7) is 4.24. The minimum Gasteiger partial charge on any atom is -0.480 e. The number of carboxylic acid groups (broad SMARTS) is 1. The predicted molar refractivity (Wildman–Crippen MR) is 63.6 cm³/mol. The molecule has 1 aliphatic rings. The van der Waals surface area contributed by atoms with E-state index in [2.05, 4.69) is 5.32 Å². The number of carboxylic acids is 1. The van der Waals surface area contributed by atoms with Crippen LogP contribution in [-0.2, 0) is 14.4 Å². The van der Waals surface area contributed by atoms with E-state index in [9.17, 15) is 14.4 Å². The average Bonchev–Trinajstić information content (AvgIpc) is 2.60. The Hall–Kier alpha value is -1.63. The molecule has 1 heterocycles. The van der Waals surface area contributed by atoms with Crippen LogP contribution in [0.4, 0.5) is 0 Å². The number of amides is 2. The molecule has 0 aromatic heterocycles. The third kappa shape index (κ3) is 3.43. The first-order valence-electron chi connectivity index (χ1n) is 5.77. The fourth-order valence-electron chi connectivity index (χ4n) is 2.10. The van der Waals surface area contributed by atoms with Gasteiger partial charge in [0.1, 0.15) is 6.04 Å². The van der Waals surface area contributed by atoms with Gasteiger partial charge >= 0.3 is 5.97 Å². The summed E-state index contributed by atoms with van der Waals surface area (Å²) in [4.78, 5) is 35.0. The molecule has 0 saturated carbocycles. The van der Waals surface area contributed by atoms with Crippen molar-refractivity contribution in [2.45, 2.75) is 26.3 Å². The van der Waals surface area contributed by atoms with Crippen molar-refractivity contribution in [1.29, 1.82) is 0 Å². The van der Waals surface area contributed by atoms with Crippen LogP contribution in [0, 0.1) is 5.41 Å². The van der Waals surface area contributed by atoms with Crippen molar-refractivity contribution in [2.75, 3.05) is 19.6 Å². The van der Waals surface area contributed by atoms with Crippen LogP contribution >= 0.6 is 0 Å². The molecule has 0 aromatic rings. The fraction of sp³-hybridized carbons (Fsp3) is 0.727. The largest absolute Gasteiger partial charge is 0.480 e. The van der Waals surface area contributed by atoms with E-state index in [1.807, 2.05) is 4.90 Å². The van der Waals surface area contributed by atoms with Crippen molar-refractivity contribution >= 4 is 17.8 Å². The van der Waals surface area contributed by atoms with Gasteiger partial charge < -0.3 is 16.2 Å². The Morgan fingerprint density at radius 2 is 2.11 bits per heavy atom. The van der Waals surface area contributed by atoms with Gasteiger partial charge in [-0.2, -0.15) is 0 Å². The van der Waals surface area contributed by atoms with E-state index in [-0.39, 0.29) is 18.4 Å². The normalized spacial score (nSPS) is 25.7. The number of carbonyl (C=O) groups excluding carboxylic acids is 2. The van der Waals surface area contributed by atoms with Crippen molar-refractivity contribution < 1.29 is 19.5 Å². The van der Waals surface area contributed by atoms with Gasteiger partial charge in [0, 0.05) is 20.0 Å². The van der Waals surface area contributed by atoms with Crippen LogP contribution in [0.3, 0.4) is 0 Å². The van der Waals surface area contributed by atoms with Crippen LogP contribution in [0.15, 0.2) is 0 Å². The summed E-state index contributed by atoms with van der Waals surface area (Å²) >= 11 is 0. The van der Waals surface area contributed by atoms with Crippen molar-refractivity contribution in [1.82, 2.24) is 10.2 Å². The summed E-state index contributed by atoms with van der Waals surface area (Å²) < 4.78 is 0. The number of nitrogens with zero attached hydrogens (tertiary/aromatic N) is 1. The van der Waals surface area contributed by atoms with E-state index < -0.39 is 17.4 Å². The number of likely N-dealkylation sites (tertiary alicyclic amines) is 1. The van der Waals surface area contributed by atoms with E-state index in [1.54, 1.807) is 6.92 Å². The smallest absolute Gasteiger partial charge is 0.327 e. The fourth-order valence-corrected chi connectivity index (χ4v) is 2.10. The summed E-state index contributed by atoms with van der Waals surface area (Å²) in [5.41, 5.74) is 4.70. The first-order valence-corrected chi connectivity index (χ1v) is 5.77. The Kier molecular flexibility index (Phi) is 4.28. The monoisotopic (exact) mass is 257 g/mol. The van der Waals surface area contributed by atoms with Crippen molar-refractivity contribution in [2.24, 2.45) is 11.1 Å². The molecule has 0 bridgehead atoms. The molecule has 102 valence electrons. The van der Waals surface area contributed by atoms with Gasteiger partial charge in [-0.05, 0) is 19.9 Å². The number of carbonyl (C=O) groups is 3. The zero-order valence-corrected chi connectivity index (χ0v) is 10.6. The molecule has 4 N–H and O–H groups in total. The first kappa shape index (κ1) is 14.4. The van der Waals surface area contributed by atoms with E-state index in [0.29, 0.717) is 19.5 Å². The Morgan fingerprint density at radius 3 is 2.50 bits per heavy atom. The van der Waals surface area contributed by atoms with Crippen LogP contribution in [0.1, 0.15) is 20.3 Å². The van der Waals surface area contributed by atoms with Gasteiger partial charge in [-0.25, -0.2) is 4.79 Å². The van der Waals surface area contributed by atoms with Crippen molar-refractivity contribution in [3.63, 3.8) is 0 Å². The van der Waals surface area contributed by atoms with Gasteiger partial charge in [0.05, 0.1) is 5.41 Å². The third-order valence-electron chi connectivity index (χ3n) is 3.26. The number of hydrogen-bond acceptors (Lipinski definition) is 4. The van der Waals surface area contributed by atoms with Crippen LogP contribution in [0.25, 0.3) is 0 Å². The SMILES string of the molecule is CC(=O)NC(CN1CCC(C)(C(N)=O)C1)C(=O)O. The number of nitrogens with one attached hydrogen (secondary N) is 1. The molecule has 2 atom stereocenters. The molecule has 7 nitrogen and oxygen atoms in total. The molecule has 0 aliphatic carbocycles. The average molecular weight is 257 g/mol. The summed E-state index contributed by atoms with van der Waals surface area (Å²) in [6, 6.07) is -0.960. The van der Waals surface area contributed by atoms with Gasteiger partial charge in [0.2, 0.25) is 11.8 Å². The quantitative estimate of drug-likeness (QED) is 0.571. The maximum Gasteiger partial charge on any atom is 0.327 e. The second kappa shape index (κ2) is 5.34. The molecule has 1 fully saturated rings. The lowest BCUT2D eigenvalue weighted by atomic mass is 9.89. The second-order valence-corrected chi connectivity index (χ2v) is 5.00. The third-order valence-corrected chi connectivity index (χ3v) is 3.26. The highest BCUT2D eigenvalue weighted by Gasteiger charge is 2.39. The molecule has 1 aliphatic heterocycles. The molecular weight excluding hydrogens is 238 g/mol. The molecule has 2 unspecified atom stereocenters. The highest BCUT2D eigenvalue weighted by atomic mass is 16.4. The Balaban J connectivity index is 2.60. The molecule has 0 radical (unpaired) electrons. The van der Waals surface area contributed by atoms with Crippen LogP contribution in [0.5, 0.6) is 0 Å². The van der Waals surface area contributed by atoms with Gasteiger partial charge in [-0.15, -0.1) is 0 Å². The Bertz CT molecular complexity index is 371. The van der Waals surface area contributed by atoms with Gasteiger partial charge in [0.25, 0.3) is 0 Å². The standard InChI is InChI=1S/C11H19N3O4/c1-7(15)13-8(9(16)17)5-14-4-3-11(2,6-14)10(12)18/h8H,3-6H2,1-2H3,(H2,12,18)(H,13,15)(H,16,17). The van der Waals surface area contributed by atoms with Crippen LogP contribution < -0.4 is 11.1 Å². The summed E-state index contributed by atoms with van der Waals surface area (Å²) in [5.74, 6) is -1.85. The van der Waals surface area contributed by atoms with Gasteiger partial charge in [0.15, 0.2) is 0 Å². The van der Waals surface area contributed by atoms with E-state index in [4.69, 9.17) is 10.8 Å². The molecule has 1 saturated heterocycles. The number of aliphatic carboxylic acids is 1. The number of primary amides is 1. The zero-order chi connectivity index (χ0) is 13.9. The summed E-state index contributed by atoms with van der Waals surface area (Å²) in [6.07, 6.45) is 0.606. The molecular formula is C11H19N3O4. The zero-order valence-electron chi connectivity index (χ0n) is 10.6. The summed E-state index contributed by atoms with van der Waals surface area (Å²) in [5, 5.41) is 11.4. The number of rotatable bonds is 5. The lowest BCUT2D eigenvalue weighted by Gasteiger charge is -2.23. The molecule has 7 heteroatoms. The van der Waals surface area contributed by atoms with E-state index >= 15 is 0 Å². The molecule has 0 spiro atoms. The molecule has 18 heavy (non-hydrogen) atoms. The topological polar surface area (TPSA) is 113 Å². The van der Waals surface area contributed by atoms with Crippen LogP contribution in [0.2, 0.25) is 0 Å². The Morgan fingerprint density at radius 1 is 1.50 bits per heavy atom. The second-order valence-electron chi connectivity index (χ2n) is 5.00. The minimum atomic E-state index is -1.09. The molecule has 2 amide bonds. The lowest BCUT2D eigenvalue weighted by Crippen LogP contribution is -2.48. The number of hydrogen-bond donors (Lipinski definition) is 3. The lowest BCUT2D eigenvalue weighted by molar-refractivity contribution is -0.142. The number of nitrogens with two attached hydrogens (primary N) is 1. The Labute approximate surface area is 105 Å². The van der Waals surface area contributed by atoms with Crippen molar-refractivity contribution in [3.8, 4) is 0 Å². The highest BCUT2D eigenvalue weighted by Crippen LogP contribution is 2.29.